The van der Waals surface area contributed by atoms with Gasteiger partial charge >= 0.3 is 63.7 Å². The minimum Gasteiger partial charge on any atom is -0.236 e. The molecule has 0 radical (unpaired) electrons. The van der Waals surface area contributed by atoms with Gasteiger partial charge in [-0.15, -0.1) is 0 Å². The second-order valence-electron chi connectivity index (χ2n) is 3.08. The Morgan fingerprint density at radius 2 is 1.50 bits per heavy atom. The second-order valence-corrected chi connectivity index (χ2v) is 3.08. The molecule has 0 bridgehead atoms. The van der Waals surface area contributed by atoms with Crippen LogP contribution in [0, 0.1) is 17.9 Å². The van der Waals surface area contributed by atoms with Crippen molar-refractivity contribution in [2.24, 2.45) is 0 Å². The van der Waals surface area contributed by atoms with Crippen LogP contribution < -0.4 is 51.4 Å². The third-order valence-electron chi connectivity index (χ3n) is 2.09. The van der Waals surface area contributed by atoms with Gasteiger partial charge in [-0.1, -0.05) is 0 Å². The van der Waals surface area contributed by atoms with E-state index in [1.54, 1.807) is 0 Å². The van der Waals surface area contributed by atoms with Gasteiger partial charge in [-0.3, -0.25) is 0 Å². The van der Waals surface area contributed by atoms with Gasteiger partial charge in [0.25, 0.3) is 0 Å². The van der Waals surface area contributed by atoms with Crippen LogP contribution in [0.5, 0.6) is 0 Å². The van der Waals surface area contributed by atoms with Crippen LogP contribution in [0.3, 0.4) is 0 Å². The number of nitriles is 1. The molecule has 0 aromatic rings. The summed E-state index contributed by atoms with van der Waals surface area (Å²) in [5.41, 5.74) is -5.72. The fraction of sp³-hybridized carbons (Fsp3) is 0.333. The monoisotopic (exact) mass is 291 g/mol. The molecule has 0 fully saturated rings. The maximum atomic E-state index is 12.4. The van der Waals surface area contributed by atoms with E-state index in [4.69, 9.17) is 11.8 Å². The Hall–Kier alpha value is -0.324. The van der Waals surface area contributed by atoms with Crippen LogP contribution in [0.2, 0.25) is 0 Å². The van der Waals surface area contributed by atoms with Gasteiger partial charge in [-0.2, -0.15) is 31.6 Å². The van der Waals surface area contributed by atoms with Crippen molar-refractivity contribution >= 4 is 0 Å². The van der Waals surface area contributed by atoms with Gasteiger partial charge in [0, 0.05) is 11.1 Å². The summed E-state index contributed by atoms with van der Waals surface area (Å²) in [7, 11) is 0. The zero-order chi connectivity index (χ0) is 13.4. The number of rotatable bonds is 0. The first-order valence-electron chi connectivity index (χ1n) is 4.01. The summed E-state index contributed by atoms with van der Waals surface area (Å²) in [5.74, 6) is 0. The van der Waals surface area contributed by atoms with Gasteiger partial charge in [0.2, 0.25) is 5.70 Å². The molecule has 1 rings (SSSR count). The number of hydrogen-bond donors (Lipinski definition) is 0. The summed E-state index contributed by atoms with van der Waals surface area (Å²) in [5, 5.41) is 8.43. The number of halogens is 6. The average Bonchev–Trinajstić information content (AvgIpc) is 2.54. The molecule has 0 aliphatic heterocycles. The molecule has 0 spiro atoms. The Kier molecular flexibility index (Phi) is 5.66. The first-order chi connectivity index (χ1) is 7.62. The molecule has 2 nitrogen and oxygen atoms in total. The van der Waals surface area contributed by atoms with Crippen LogP contribution in [0.1, 0.15) is 6.42 Å². The van der Waals surface area contributed by atoms with E-state index in [9.17, 15) is 26.3 Å². The molecule has 0 amide bonds. The quantitative estimate of drug-likeness (QED) is 0.363. The number of nitrogens with zero attached hydrogens (tertiary/aromatic N) is 2. The number of hydrogen-bond acceptors (Lipinski definition) is 1. The van der Waals surface area contributed by atoms with Gasteiger partial charge < -0.3 is 0 Å². The molecular weight excluding hydrogens is 289 g/mol. The zero-order valence-electron chi connectivity index (χ0n) is 8.87. The summed E-state index contributed by atoms with van der Waals surface area (Å²) >= 11 is 0. The van der Waals surface area contributed by atoms with E-state index in [1.165, 1.54) is 0 Å². The smallest absolute Gasteiger partial charge is 0.236 e. The molecule has 1 aliphatic rings. The first-order valence-corrected chi connectivity index (χ1v) is 4.01. The molecule has 0 heterocycles. The van der Waals surface area contributed by atoms with Crippen molar-refractivity contribution in [2.45, 2.75) is 18.8 Å². The Morgan fingerprint density at radius 1 is 1.06 bits per heavy atom. The maximum Gasteiger partial charge on any atom is 1.00 e. The van der Waals surface area contributed by atoms with Gasteiger partial charge in [0.1, 0.15) is 0 Å². The molecule has 1 aliphatic carbocycles. The topological polar surface area (TPSA) is 28.1 Å². The molecule has 0 atom stereocenters. The van der Waals surface area contributed by atoms with E-state index in [0.29, 0.717) is 0 Å². The molecule has 0 saturated heterocycles. The minimum absolute atomic E-state index is 0. The largest absolute Gasteiger partial charge is 1.00 e. The molecular formula is C9H2F6KN2+. The molecule has 90 valence electrons. The van der Waals surface area contributed by atoms with Crippen molar-refractivity contribution in [3.63, 3.8) is 0 Å². The van der Waals surface area contributed by atoms with Crippen LogP contribution in [0.4, 0.5) is 26.3 Å². The van der Waals surface area contributed by atoms with E-state index in [1.807, 2.05) is 0 Å². The van der Waals surface area contributed by atoms with Gasteiger partial charge in [-0.25, -0.2) is 4.85 Å². The predicted molar refractivity (Wildman–Crippen MR) is 43.0 cm³/mol. The molecule has 9 heteroatoms. The van der Waals surface area contributed by atoms with E-state index >= 15 is 0 Å². The van der Waals surface area contributed by atoms with Crippen LogP contribution in [0.15, 0.2) is 22.4 Å². The zero-order valence-corrected chi connectivity index (χ0v) is 12.0. The molecule has 0 aromatic heterocycles. The Bertz CT molecular complexity index is 451. The molecule has 0 unspecified atom stereocenters. The van der Waals surface area contributed by atoms with Crippen molar-refractivity contribution in [1.29, 1.82) is 5.26 Å². The minimum atomic E-state index is -5.05. The Morgan fingerprint density at radius 3 is 1.78 bits per heavy atom. The summed E-state index contributed by atoms with van der Waals surface area (Å²) in [4.78, 5) is 2.38. The summed E-state index contributed by atoms with van der Waals surface area (Å²) in [6.07, 6.45) is -11.6. The van der Waals surface area contributed by atoms with Crippen molar-refractivity contribution in [3.8, 4) is 6.07 Å². The number of allylic oxidation sites excluding steroid dienone is 3. The van der Waals surface area contributed by atoms with Crippen LogP contribution in [0.25, 0.3) is 4.85 Å². The first kappa shape index (κ1) is 17.7. The van der Waals surface area contributed by atoms with Crippen LogP contribution in [-0.4, -0.2) is 12.4 Å². The Balaban J connectivity index is 0.00000289. The average molecular weight is 291 g/mol. The Labute approximate surface area is 140 Å². The summed E-state index contributed by atoms with van der Waals surface area (Å²) < 4.78 is 74.2. The fourth-order valence-corrected chi connectivity index (χ4v) is 1.36. The van der Waals surface area contributed by atoms with Crippen LogP contribution in [-0.2, 0) is 0 Å². The van der Waals surface area contributed by atoms with Crippen LogP contribution >= 0.6 is 0 Å². The molecule has 0 saturated carbocycles. The normalized spacial score (nSPS) is 16.2. The maximum absolute atomic E-state index is 12.4. The van der Waals surface area contributed by atoms with E-state index < -0.39 is 41.2 Å². The molecule has 18 heavy (non-hydrogen) atoms. The van der Waals surface area contributed by atoms with Crippen molar-refractivity contribution in [3.05, 3.63) is 33.8 Å². The SMILES string of the molecule is [C-]#[N+]C1=C(C(F)(F)F)CC(C(F)(F)F)=C1C#N.[K+]. The van der Waals surface area contributed by atoms with Crippen molar-refractivity contribution in [1.82, 2.24) is 0 Å². The molecule has 0 N–H and O–H groups in total. The third-order valence-corrected chi connectivity index (χ3v) is 2.09. The van der Waals surface area contributed by atoms with E-state index in [2.05, 4.69) is 4.85 Å². The van der Waals surface area contributed by atoms with Crippen molar-refractivity contribution in [2.75, 3.05) is 0 Å². The predicted octanol–water partition coefficient (Wildman–Crippen LogP) is 0.512. The summed E-state index contributed by atoms with van der Waals surface area (Å²) in [6, 6.07) is 1.01. The fourth-order valence-electron chi connectivity index (χ4n) is 1.36. The van der Waals surface area contributed by atoms with E-state index in [0.717, 1.165) is 6.07 Å². The van der Waals surface area contributed by atoms with Gasteiger partial charge in [0.05, 0.1) is 18.2 Å². The number of alkyl halides is 6. The molecule has 0 aromatic carbocycles. The van der Waals surface area contributed by atoms with E-state index in [-0.39, 0.29) is 51.4 Å². The second kappa shape index (κ2) is 5.76. The van der Waals surface area contributed by atoms with Crippen molar-refractivity contribution < 1.29 is 77.7 Å². The summed E-state index contributed by atoms with van der Waals surface area (Å²) in [6.45, 7) is 6.45. The third kappa shape index (κ3) is 3.37. The van der Waals surface area contributed by atoms with Gasteiger partial charge in [0.15, 0.2) is 0 Å². The standard InChI is InChI=1S/C9H2F6N2.K/c1-17-7-4(3-16)5(8(10,11)12)2-6(7)9(13,14)15;/h2H2;/q;+1. The van der Waals surface area contributed by atoms with Gasteiger partial charge in [-0.05, 0) is 6.42 Å².